The van der Waals surface area contributed by atoms with E-state index in [2.05, 4.69) is 66.5 Å². The Morgan fingerprint density at radius 3 is 2.20 bits per heavy atom. The number of rotatable bonds is 12. The normalized spacial score (nSPS) is 11.0. The van der Waals surface area contributed by atoms with E-state index < -0.39 is 0 Å². The Hall–Kier alpha value is -1.84. The van der Waals surface area contributed by atoms with Gasteiger partial charge in [-0.05, 0) is 75.5 Å². The van der Waals surface area contributed by atoms with Crippen LogP contribution >= 0.6 is 0 Å². The summed E-state index contributed by atoms with van der Waals surface area (Å²) in [5.41, 5.74) is 8.31. The van der Waals surface area contributed by atoms with Gasteiger partial charge >= 0.3 is 0 Å². The summed E-state index contributed by atoms with van der Waals surface area (Å²) in [7, 11) is 2.16. The van der Waals surface area contributed by atoms with E-state index in [1.54, 1.807) is 0 Å². The molecule has 2 aromatic carbocycles. The first-order valence-electron chi connectivity index (χ1n) is 9.42. The van der Waals surface area contributed by atoms with Crippen LogP contribution in [0.4, 0.5) is 0 Å². The lowest BCUT2D eigenvalue weighted by Gasteiger charge is -2.17. The molecule has 2 rings (SSSR count). The van der Waals surface area contributed by atoms with Gasteiger partial charge in [0.1, 0.15) is 12.4 Å². The zero-order chi connectivity index (χ0) is 17.7. The average molecular weight is 341 g/mol. The molecule has 0 aliphatic heterocycles. The van der Waals surface area contributed by atoms with E-state index in [0.29, 0.717) is 0 Å². The van der Waals surface area contributed by atoms with E-state index in [1.807, 2.05) is 0 Å². The van der Waals surface area contributed by atoms with Gasteiger partial charge < -0.3 is 15.4 Å². The van der Waals surface area contributed by atoms with Crippen molar-refractivity contribution in [1.82, 2.24) is 4.90 Å². The second kappa shape index (κ2) is 11.7. The highest BCUT2D eigenvalue weighted by Gasteiger charge is 2.01. The molecule has 0 bridgehead atoms. The van der Waals surface area contributed by atoms with Crippen LogP contribution < -0.4 is 10.5 Å². The Bertz CT molecular complexity index is 568. The number of unbranched alkanes of at least 4 members (excludes halogenated alkanes) is 1. The van der Waals surface area contributed by atoms with Crippen molar-refractivity contribution in [1.29, 1.82) is 0 Å². The number of benzene rings is 2. The van der Waals surface area contributed by atoms with Gasteiger partial charge in [0.2, 0.25) is 0 Å². The quantitative estimate of drug-likeness (QED) is 0.595. The predicted octanol–water partition coefficient (Wildman–Crippen LogP) is 3.91. The molecule has 0 spiro atoms. The van der Waals surface area contributed by atoms with Crippen LogP contribution in [0.1, 0.15) is 30.4 Å². The fraction of sp³-hybridized carbons (Fsp3) is 0.455. The predicted molar refractivity (Wildman–Crippen MR) is 106 cm³/mol. The van der Waals surface area contributed by atoms with E-state index in [4.69, 9.17) is 10.5 Å². The van der Waals surface area contributed by atoms with Crippen molar-refractivity contribution in [2.45, 2.75) is 32.1 Å². The molecular weight excluding hydrogens is 308 g/mol. The van der Waals surface area contributed by atoms with Gasteiger partial charge in [0, 0.05) is 6.54 Å². The first kappa shape index (κ1) is 19.5. The molecular formula is C22H32N2O. The van der Waals surface area contributed by atoms with Gasteiger partial charge in [-0.2, -0.15) is 0 Å². The molecule has 0 saturated heterocycles. The second-order valence-corrected chi connectivity index (χ2v) is 6.63. The number of nitrogens with two attached hydrogens (primary N) is 1. The molecule has 2 N–H and O–H groups in total. The van der Waals surface area contributed by atoms with E-state index in [9.17, 15) is 0 Å². The molecule has 2 aromatic rings. The number of ether oxygens (including phenoxy) is 1. The maximum absolute atomic E-state index is 5.86. The number of likely N-dealkylation sites (N-methyl/N-ethyl adjacent to an activating group) is 1. The van der Waals surface area contributed by atoms with Crippen molar-refractivity contribution in [3.8, 4) is 5.75 Å². The van der Waals surface area contributed by atoms with Gasteiger partial charge in [-0.1, -0.05) is 42.5 Å². The molecule has 25 heavy (non-hydrogen) atoms. The van der Waals surface area contributed by atoms with Crippen molar-refractivity contribution in [2.24, 2.45) is 5.73 Å². The molecule has 0 aliphatic rings. The van der Waals surface area contributed by atoms with Gasteiger partial charge in [-0.15, -0.1) is 0 Å². The van der Waals surface area contributed by atoms with E-state index in [0.717, 1.165) is 57.7 Å². The van der Waals surface area contributed by atoms with Crippen LogP contribution in [0.15, 0.2) is 54.6 Å². The van der Waals surface area contributed by atoms with Crippen LogP contribution in [0.5, 0.6) is 5.75 Å². The minimum Gasteiger partial charge on any atom is -0.492 e. The molecule has 0 unspecified atom stereocenters. The van der Waals surface area contributed by atoms with Crippen LogP contribution in [-0.4, -0.2) is 38.2 Å². The third-order valence-electron chi connectivity index (χ3n) is 4.43. The molecule has 0 aliphatic carbocycles. The Kier molecular flexibility index (Phi) is 9.09. The lowest BCUT2D eigenvalue weighted by atomic mass is 10.1. The van der Waals surface area contributed by atoms with Crippen molar-refractivity contribution in [3.05, 3.63) is 65.7 Å². The smallest absolute Gasteiger partial charge is 0.119 e. The Labute approximate surface area is 152 Å². The molecule has 0 atom stereocenters. The summed E-state index contributed by atoms with van der Waals surface area (Å²) in [6.45, 7) is 3.56. The number of aryl methyl sites for hydroxylation is 2. The van der Waals surface area contributed by atoms with E-state index in [-0.39, 0.29) is 0 Å². The van der Waals surface area contributed by atoms with Crippen LogP contribution in [0, 0.1) is 0 Å². The summed E-state index contributed by atoms with van der Waals surface area (Å²) in [5, 5.41) is 0. The SMILES string of the molecule is CN(CCCc1ccccc1)CCOc1ccc(CCCCN)cc1. The Morgan fingerprint density at radius 2 is 1.48 bits per heavy atom. The topological polar surface area (TPSA) is 38.5 Å². The average Bonchev–Trinajstić information content (AvgIpc) is 2.64. The third kappa shape index (κ3) is 8.19. The van der Waals surface area contributed by atoms with Gasteiger partial charge in [-0.25, -0.2) is 0 Å². The molecule has 3 nitrogen and oxygen atoms in total. The summed E-state index contributed by atoms with van der Waals surface area (Å²) >= 11 is 0. The molecule has 0 radical (unpaired) electrons. The molecule has 136 valence electrons. The first-order chi connectivity index (χ1) is 12.3. The van der Waals surface area contributed by atoms with Crippen molar-refractivity contribution in [3.63, 3.8) is 0 Å². The molecule has 0 fully saturated rings. The standard InChI is InChI=1S/C22H32N2O/c1-24(17-7-11-20-8-3-2-4-9-20)18-19-25-22-14-12-21(13-15-22)10-5-6-16-23/h2-4,8-9,12-15H,5-7,10-11,16-19,23H2,1H3. The first-order valence-corrected chi connectivity index (χ1v) is 9.42. The van der Waals surface area contributed by atoms with Crippen molar-refractivity contribution >= 4 is 0 Å². The summed E-state index contributed by atoms with van der Waals surface area (Å²) in [6.07, 6.45) is 5.66. The zero-order valence-corrected chi connectivity index (χ0v) is 15.5. The molecule has 3 heteroatoms. The van der Waals surface area contributed by atoms with Gasteiger partial charge in [0.05, 0.1) is 0 Å². The fourth-order valence-corrected chi connectivity index (χ4v) is 2.85. The van der Waals surface area contributed by atoms with Crippen molar-refractivity contribution in [2.75, 3.05) is 33.3 Å². The molecule has 0 aromatic heterocycles. The minimum absolute atomic E-state index is 0.731. The van der Waals surface area contributed by atoms with Gasteiger partial charge in [0.25, 0.3) is 0 Å². The highest BCUT2D eigenvalue weighted by Crippen LogP contribution is 2.14. The van der Waals surface area contributed by atoms with Crippen molar-refractivity contribution < 1.29 is 4.74 Å². The summed E-state index contributed by atoms with van der Waals surface area (Å²) in [4.78, 5) is 2.34. The zero-order valence-electron chi connectivity index (χ0n) is 15.5. The van der Waals surface area contributed by atoms with Crippen LogP contribution in [-0.2, 0) is 12.8 Å². The largest absolute Gasteiger partial charge is 0.492 e. The van der Waals surface area contributed by atoms with E-state index >= 15 is 0 Å². The lowest BCUT2D eigenvalue weighted by molar-refractivity contribution is 0.236. The van der Waals surface area contributed by atoms with Gasteiger partial charge in [-0.3, -0.25) is 0 Å². The Morgan fingerprint density at radius 1 is 0.800 bits per heavy atom. The second-order valence-electron chi connectivity index (χ2n) is 6.63. The number of hydrogen-bond donors (Lipinski definition) is 1. The maximum atomic E-state index is 5.86. The van der Waals surface area contributed by atoms with Crippen LogP contribution in [0.25, 0.3) is 0 Å². The maximum Gasteiger partial charge on any atom is 0.119 e. The lowest BCUT2D eigenvalue weighted by Crippen LogP contribution is -2.25. The van der Waals surface area contributed by atoms with Gasteiger partial charge in [0.15, 0.2) is 0 Å². The molecule has 0 heterocycles. The van der Waals surface area contributed by atoms with Crippen LogP contribution in [0.3, 0.4) is 0 Å². The summed E-state index contributed by atoms with van der Waals surface area (Å²) in [6, 6.07) is 19.2. The highest BCUT2D eigenvalue weighted by atomic mass is 16.5. The Balaban J connectivity index is 1.58. The molecule has 0 amide bonds. The summed E-state index contributed by atoms with van der Waals surface area (Å²) < 4.78 is 5.86. The minimum atomic E-state index is 0.731. The van der Waals surface area contributed by atoms with Crippen LogP contribution in [0.2, 0.25) is 0 Å². The third-order valence-corrected chi connectivity index (χ3v) is 4.43. The fourth-order valence-electron chi connectivity index (χ4n) is 2.85. The monoisotopic (exact) mass is 340 g/mol. The summed E-state index contributed by atoms with van der Waals surface area (Å²) in [5.74, 6) is 0.959. The number of nitrogens with zero attached hydrogens (tertiary/aromatic N) is 1. The number of hydrogen-bond acceptors (Lipinski definition) is 3. The molecule has 0 saturated carbocycles. The van der Waals surface area contributed by atoms with E-state index in [1.165, 1.54) is 17.5 Å². The highest BCUT2D eigenvalue weighted by molar-refractivity contribution is 5.27.